The van der Waals surface area contributed by atoms with Gasteiger partial charge in [0.25, 0.3) is 0 Å². The third-order valence-electron chi connectivity index (χ3n) is 1.38. The summed E-state index contributed by atoms with van der Waals surface area (Å²) < 4.78 is 4.49. The molecule has 3 heteroatoms. The van der Waals surface area contributed by atoms with Gasteiger partial charge in [0.15, 0.2) is 0 Å². The molecule has 0 spiro atoms. The zero-order chi connectivity index (χ0) is 7.40. The lowest BCUT2D eigenvalue weighted by Crippen LogP contribution is -1.96. The molecule has 0 aromatic heterocycles. The molecule has 2 nitrogen and oxygen atoms in total. The maximum absolute atomic E-state index is 10.7. The number of thioether (sulfide) groups is 1. The molecule has 0 atom stereocenters. The fourth-order valence-corrected chi connectivity index (χ4v) is 1.86. The van der Waals surface area contributed by atoms with Gasteiger partial charge in [0, 0.05) is 11.8 Å². The van der Waals surface area contributed by atoms with Gasteiger partial charge in [-0.1, -0.05) is 5.57 Å². The van der Waals surface area contributed by atoms with E-state index in [4.69, 9.17) is 0 Å². The molecule has 1 aliphatic heterocycles. The van der Waals surface area contributed by atoms with Crippen molar-refractivity contribution in [1.29, 1.82) is 0 Å². The average molecular weight is 158 g/mol. The summed E-state index contributed by atoms with van der Waals surface area (Å²) in [4.78, 5) is 10.7. The van der Waals surface area contributed by atoms with Crippen LogP contribution >= 0.6 is 11.8 Å². The Morgan fingerprint density at radius 1 is 1.80 bits per heavy atom. The second-order valence-corrected chi connectivity index (χ2v) is 3.23. The number of hydrogen-bond acceptors (Lipinski definition) is 3. The molecular formula is C7H10O2S. The lowest BCUT2D eigenvalue weighted by molar-refractivity contribution is -0.134. The van der Waals surface area contributed by atoms with Gasteiger partial charge >= 0.3 is 5.97 Å². The Morgan fingerprint density at radius 2 is 2.60 bits per heavy atom. The van der Waals surface area contributed by atoms with Crippen LogP contribution in [0.2, 0.25) is 0 Å². The van der Waals surface area contributed by atoms with E-state index in [1.165, 1.54) is 12.7 Å². The minimum atomic E-state index is -0.225. The maximum atomic E-state index is 10.7. The van der Waals surface area contributed by atoms with E-state index < -0.39 is 0 Å². The molecule has 1 aliphatic rings. The van der Waals surface area contributed by atoms with Crippen LogP contribution in [0.1, 0.15) is 6.42 Å². The lowest BCUT2D eigenvalue weighted by atomic mass is 10.2. The van der Waals surface area contributed by atoms with E-state index in [9.17, 15) is 4.79 Å². The molecule has 0 N–H and O–H groups in total. The molecule has 0 aliphatic carbocycles. The van der Waals surface area contributed by atoms with Crippen molar-refractivity contribution in [1.82, 2.24) is 0 Å². The number of methoxy groups -OCH3 is 1. The highest BCUT2D eigenvalue weighted by molar-refractivity contribution is 7.99. The number of esters is 1. The molecule has 1 heterocycles. The van der Waals surface area contributed by atoms with Crippen molar-refractivity contribution in [2.45, 2.75) is 6.42 Å². The van der Waals surface area contributed by atoms with Crippen LogP contribution in [0.5, 0.6) is 0 Å². The smallest absolute Gasteiger partial charge is 0.330 e. The number of hydrogen-bond donors (Lipinski definition) is 0. The van der Waals surface area contributed by atoms with Crippen molar-refractivity contribution in [2.24, 2.45) is 0 Å². The molecule has 0 radical (unpaired) electrons. The molecule has 10 heavy (non-hydrogen) atoms. The van der Waals surface area contributed by atoms with Gasteiger partial charge in [-0.3, -0.25) is 0 Å². The number of rotatable bonds is 1. The predicted octanol–water partition coefficient (Wildman–Crippen LogP) is 1.22. The number of carbonyl (C=O) groups excluding carboxylic acids is 1. The zero-order valence-electron chi connectivity index (χ0n) is 5.92. The first-order chi connectivity index (χ1) is 4.83. The standard InChI is InChI=1S/C7H10O2S/c1-9-7(8)4-6-2-3-10-5-6/h4H,2-3,5H2,1H3/b6-4+. The van der Waals surface area contributed by atoms with Gasteiger partial charge in [-0.05, 0) is 12.2 Å². The Kier molecular flexibility index (Phi) is 2.81. The van der Waals surface area contributed by atoms with E-state index in [-0.39, 0.29) is 5.97 Å². The first kappa shape index (κ1) is 7.66. The van der Waals surface area contributed by atoms with Crippen LogP contribution in [0.4, 0.5) is 0 Å². The fraction of sp³-hybridized carbons (Fsp3) is 0.571. The average Bonchev–Trinajstić information content (AvgIpc) is 2.40. The molecular weight excluding hydrogens is 148 g/mol. The van der Waals surface area contributed by atoms with Crippen molar-refractivity contribution >= 4 is 17.7 Å². The van der Waals surface area contributed by atoms with Gasteiger partial charge in [0.1, 0.15) is 0 Å². The lowest BCUT2D eigenvalue weighted by Gasteiger charge is -1.92. The summed E-state index contributed by atoms with van der Waals surface area (Å²) in [7, 11) is 1.40. The van der Waals surface area contributed by atoms with Crippen molar-refractivity contribution in [3.63, 3.8) is 0 Å². The largest absolute Gasteiger partial charge is 0.466 e. The van der Waals surface area contributed by atoms with Gasteiger partial charge in [-0.15, -0.1) is 0 Å². The molecule has 0 bridgehead atoms. The van der Waals surface area contributed by atoms with Crippen LogP contribution in [0, 0.1) is 0 Å². The summed E-state index contributed by atoms with van der Waals surface area (Å²) in [5.74, 6) is 1.91. The van der Waals surface area contributed by atoms with Gasteiger partial charge in [0.05, 0.1) is 7.11 Å². The van der Waals surface area contributed by atoms with Crippen molar-refractivity contribution in [3.8, 4) is 0 Å². The van der Waals surface area contributed by atoms with Crippen LogP contribution in [-0.4, -0.2) is 24.6 Å². The molecule has 0 unspecified atom stereocenters. The molecule has 1 rings (SSSR count). The molecule has 0 saturated carbocycles. The normalized spacial score (nSPS) is 21.5. The fourth-order valence-electron chi connectivity index (χ4n) is 0.818. The first-order valence-corrected chi connectivity index (χ1v) is 4.33. The summed E-state index contributed by atoms with van der Waals surface area (Å²) in [6.45, 7) is 0. The Labute approximate surface area is 64.6 Å². The maximum Gasteiger partial charge on any atom is 0.330 e. The Morgan fingerprint density at radius 3 is 3.10 bits per heavy atom. The summed E-state index contributed by atoms with van der Waals surface area (Å²) in [6.07, 6.45) is 2.64. The second kappa shape index (κ2) is 3.66. The summed E-state index contributed by atoms with van der Waals surface area (Å²) in [6, 6.07) is 0. The van der Waals surface area contributed by atoms with E-state index in [1.807, 2.05) is 11.8 Å². The predicted molar refractivity (Wildman–Crippen MR) is 42.0 cm³/mol. The molecule has 0 amide bonds. The van der Waals surface area contributed by atoms with Crippen LogP contribution < -0.4 is 0 Å². The van der Waals surface area contributed by atoms with Gasteiger partial charge in [-0.25, -0.2) is 4.79 Å². The number of ether oxygens (including phenoxy) is 1. The SMILES string of the molecule is COC(=O)/C=C1\CCSC1. The Hall–Kier alpha value is -0.440. The van der Waals surface area contributed by atoms with E-state index in [2.05, 4.69) is 4.74 Å². The third kappa shape index (κ3) is 2.06. The minimum absolute atomic E-state index is 0.225. The Bertz CT molecular complexity index is 155. The van der Waals surface area contributed by atoms with Crippen LogP contribution in [0.15, 0.2) is 11.6 Å². The molecule has 0 aromatic carbocycles. The van der Waals surface area contributed by atoms with Crippen molar-refractivity contribution in [2.75, 3.05) is 18.6 Å². The van der Waals surface area contributed by atoms with E-state index in [1.54, 1.807) is 6.08 Å². The van der Waals surface area contributed by atoms with E-state index in [0.29, 0.717) is 0 Å². The molecule has 0 aromatic rings. The number of carbonyl (C=O) groups is 1. The first-order valence-electron chi connectivity index (χ1n) is 3.18. The van der Waals surface area contributed by atoms with Crippen molar-refractivity contribution < 1.29 is 9.53 Å². The molecule has 1 fully saturated rings. The molecule has 56 valence electrons. The van der Waals surface area contributed by atoms with Crippen LogP contribution in [0.3, 0.4) is 0 Å². The highest BCUT2D eigenvalue weighted by Gasteiger charge is 2.08. The van der Waals surface area contributed by atoms with Gasteiger partial charge < -0.3 is 4.74 Å². The van der Waals surface area contributed by atoms with Gasteiger partial charge in [0.2, 0.25) is 0 Å². The van der Waals surface area contributed by atoms with E-state index in [0.717, 1.165) is 17.9 Å². The van der Waals surface area contributed by atoms with E-state index >= 15 is 0 Å². The topological polar surface area (TPSA) is 26.3 Å². The summed E-state index contributed by atoms with van der Waals surface area (Å²) in [5, 5.41) is 0. The van der Waals surface area contributed by atoms with Crippen LogP contribution in [0.25, 0.3) is 0 Å². The molecule has 1 saturated heterocycles. The van der Waals surface area contributed by atoms with Crippen molar-refractivity contribution in [3.05, 3.63) is 11.6 Å². The monoisotopic (exact) mass is 158 g/mol. The highest BCUT2D eigenvalue weighted by atomic mass is 32.2. The minimum Gasteiger partial charge on any atom is -0.466 e. The Balaban J connectivity index is 2.45. The summed E-state index contributed by atoms with van der Waals surface area (Å²) >= 11 is 1.86. The van der Waals surface area contributed by atoms with Crippen LogP contribution in [-0.2, 0) is 9.53 Å². The zero-order valence-corrected chi connectivity index (χ0v) is 6.74. The third-order valence-corrected chi connectivity index (χ3v) is 2.45. The quantitative estimate of drug-likeness (QED) is 0.424. The summed E-state index contributed by atoms with van der Waals surface area (Å²) in [5.41, 5.74) is 1.21. The highest BCUT2D eigenvalue weighted by Crippen LogP contribution is 2.22. The second-order valence-electron chi connectivity index (χ2n) is 2.13. The van der Waals surface area contributed by atoms with Gasteiger partial charge in [-0.2, -0.15) is 11.8 Å².